The van der Waals surface area contributed by atoms with Crippen LogP contribution in [0.1, 0.15) is 42.5 Å². The van der Waals surface area contributed by atoms with Gasteiger partial charge in [0.15, 0.2) is 0 Å². The van der Waals surface area contributed by atoms with Gasteiger partial charge in [-0.3, -0.25) is 4.79 Å². The van der Waals surface area contributed by atoms with Gasteiger partial charge in [0.2, 0.25) is 5.91 Å². The van der Waals surface area contributed by atoms with E-state index in [1.54, 1.807) is 0 Å². The van der Waals surface area contributed by atoms with Crippen LogP contribution in [0.2, 0.25) is 0 Å². The average molecular weight is 320 g/mol. The molecule has 1 aliphatic heterocycles. The number of hydrogen-bond donors (Lipinski definition) is 1. The highest BCUT2D eigenvalue weighted by Gasteiger charge is 2.28. The van der Waals surface area contributed by atoms with Crippen molar-refractivity contribution in [2.45, 2.75) is 44.7 Å². The summed E-state index contributed by atoms with van der Waals surface area (Å²) in [4.78, 5) is 14.9. The van der Waals surface area contributed by atoms with Crippen LogP contribution in [0.15, 0.2) is 48.5 Å². The first-order valence-corrected chi connectivity index (χ1v) is 8.94. The van der Waals surface area contributed by atoms with Crippen LogP contribution in [0, 0.1) is 0 Å². The number of amides is 1. The molecule has 3 heteroatoms. The molecule has 2 aromatic rings. The fourth-order valence-corrected chi connectivity index (χ4v) is 4.17. The van der Waals surface area contributed by atoms with Crippen molar-refractivity contribution >= 4 is 11.6 Å². The molecule has 1 heterocycles. The molecule has 2 aliphatic rings. The van der Waals surface area contributed by atoms with Crippen molar-refractivity contribution in [3.8, 4) is 0 Å². The lowest BCUT2D eigenvalue weighted by Gasteiger charge is -2.29. The molecule has 0 spiro atoms. The van der Waals surface area contributed by atoms with E-state index in [-0.39, 0.29) is 11.9 Å². The maximum Gasteiger partial charge on any atom is 0.240 e. The van der Waals surface area contributed by atoms with Crippen LogP contribution in [-0.2, 0) is 17.6 Å². The summed E-state index contributed by atoms with van der Waals surface area (Å²) in [6.45, 7) is 2.64. The number of hydrogen-bond acceptors (Lipinski definition) is 2. The lowest BCUT2D eigenvalue weighted by Crippen LogP contribution is -2.42. The molecule has 24 heavy (non-hydrogen) atoms. The number of nitrogens with zero attached hydrogens (tertiary/aromatic N) is 1. The van der Waals surface area contributed by atoms with Gasteiger partial charge < -0.3 is 10.2 Å². The molecule has 0 bridgehead atoms. The van der Waals surface area contributed by atoms with Gasteiger partial charge in [0.1, 0.15) is 0 Å². The van der Waals surface area contributed by atoms with Crippen LogP contribution < -0.4 is 10.2 Å². The Morgan fingerprint density at radius 2 is 1.88 bits per heavy atom. The minimum Gasteiger partial charge on any atom is -0.359 e. The molecule has 0 radical (unpaired) electrons. The zero-order chi connectivity index (χ0) is 16.5. The molecule has 4 rings (SSSR count). The predicted molar refractivity (Wildman–Crippen MR) is 97.2 cm³/mol. The van der Waals surface area contributed by atoms with E-state index in [0.717, 1.165) is 25.7 Å². The van der Waals surface area contributed by atoms with Crippen molar-refractivity contribution in [1.29, 1.82) is 0 Å². The number of fused-ring (bicyclic) bond motifs is 2. The highest BCUT2D eigenvalue weighted by atomic mass is 16.2. The van der Waals surface area contributed by atoms with E-state index >= 15 is 0 Å². The molecule has 1 aliphatic carbocycles. The first kappa shape index (κ1) is 15.3. The summed E-state index contributed by atoms with van der Waals surface area (Å²) in [7, 11) is 0. The number of aryl methyl sites for hydroxylation is 1. The third kappa shape index (κ3) is 2.79. The van der Waals surface area contributed by atoms with Crippen LogP contribution in [0.5, 0.6) is 0 Å². The Bertz CT molecular complexity index is 755. The fourth-order valence-electron chi connectivity index (χ4n) is 4.17. The number of benzene rings is 2. The highest BCUT2D eigenvalue weighted by molar-refractivity contribution is 5.83. The monoisotopic (exact) mass is 320 g/mol. The first-order valence-electron chi connectivity index (χ1n) is 8.94. The van der Waals surface area contributed by atoms with Gasteiger partial charge in [-0.05, 0) is 55.4 Å². The standard InChI is InChI=1S/C21H24N2O/c1-15-13-17-8-3-5-12-20(17)23(15)14-21(24)22-19-11-6-9-16-7-2-4-10-18(16)19/h2-5,7-8,10,12,15,19H,6,9,11,13-14H2,1H3,(H,22,24)/t15-,19+/m0/s1. The number of carbonyl (C=O) groups is 1. The van der Waals surface area contributed by atoms with Gasteiger partial charge in [-0.15, -0.1) is 0 Å². The van der Waals surface area contributed by atoms with Gasteiger partial charge in [0.25, 0.3) is 0 Å². The SMILES string of the molecule is C[C@H]1Cc2ccccc2N1CC(=O)N[C@@H]1CCCc2ccccc21. The second-order valence-corrected chi connectivity index (χ2v) is 7.02. The van der Waals surface area contributed by atoms with Gasteiger partial charge in [-0.1, -0.05) is 42.5 Å². The van der Waals surface area contributed by atoms with E-state index in [4.69, 9.17) is 0 Å². The zero-order valence-corrected chi connectivity index (χ0v) is 14.2. The Morgan fingerprint density at radius 3 is 2.75 bits per heavy atom. The predicted octanol–water partition coefficient (Wildman–Crippen LogP) is 3.63. The number of rotatable bonds is 3. The highest BCUT2D eigenvalue weighted by Crippen LogP contribution is 2.32. The maximum absolute atomic E-state index is 12.7. The van der Waals surface area contributed by atoms with Gasteiger partial charge in [0, 0.05) is 11.7 Å². The first-order chi connectivity index (χ1) is 11.7. The molecule has 124 valence electrons. The summed E-state index contributed by atoms with van der Waals surface area (Å²) < 4.78 is 0. The fraction of sp³-hybridized carbons (Fsp3) is 0.381. The summed E-state index contributed by atoms with van der Waals surface area (Å²) in [5, 5.41) is 3.27. The van der Waals surface area contributed by atoms with Crippen LogP contribution >= 0.6 is 0 Å². The lowest BCUT2D eigenvalue weighted by atomic mass is 9.88. The van der Waals surface area contributed by atoms with Crippen LogP contribution in [0.3, 0.4) is 0 Å². The molecule has 0 unspecified atom stereocenters. The summed E-state index contributed by atoms with van der Waals surface area (Å²) in [6, 6.07) is 17.5. The Morgan fingerprint density at radius 1 is 1.12 bits per heavy atom. The van der Waals surface area contributed by atoms with Crippen molar-refractivity contribution in [2.24, 2.45) is 0 Å². The molecule has 0 fully saturated rings. The van der Waals surface area contributed by atoms with E-state index in [1.807, 2.05) is 0 Å². The number of para-hydroxylation sites is 1. The van der Waals surface area contributed by atoms with Crippen LogP contribution in [0.25, 0.3) is 0 Å². The van der Waals surface area contributed by atoms with Crippen LogP contribution in [0.4, 0.5) is 5.69 Å². The smallest absolute Gasteiger partial charge is 0.240 e. The molecule has 3 nitrogen and oxygen atoms in total. The quantitative estimate of drug-likeness (QED) is 0.936. The third-order valence-corrected chi connectivity index (χ3v) is 5.37. The van der Waals surface area contributed by atoms with Crippen molar-refractivity contribution < 1.29 is 4.79 Å². The number of carbonyl (C=O) groups excluding carboxylic acids is 1. The Labute approximate surface area is 143 Å². The van der Waals surface area contributed by atoms with Crippen LogP contribution in [-0.4, -0.2) is 18.5 Å². The summed E-state index contributed by atoms with van der Waals surface area (Å²) in [5.74, 6) is 0.125. The normalized spacial score (nSPS) is 22.0. The van der Waals surface area contributed by atoms with E-state index < -0.39 is 0 Å². The second kappa shape index (κ2) is 6.31. The van der Waals surface area contributed by atoms with Crippen molar-refractivity contribution in [1.82, 2.24) is 5.32 Å². The van der Waals surface area contributed by atoms with Gasteiger partial charge in [-0.2, -0.15) is 0 Å². The lowest BCUT2D eigenvalue weighted by molar-refractivity contribution is -0.120. The van der Waals surface area contributed by atoms with Crippen molar-refractivity contribution in [3.63, 3.8) is 0 Å². The molecule has 1 N–H and O–H groups in total. The summed E-state index contributed by atoms with van der Waals surface area (Å²) in [6.07, 6.45) is 4.33. The van der Waals surface area contributed by atoms with Gasteiger partial charge in [0.05, 0.1) is 12.6 Å². The third-order valence-electron chi connectivity index (χ3n) is 5.37. The molecule has 0 saturated heterocycles. The topological polar surface area (TPSA) is 32.3 Å². The molecule has 0 aromatic heterocycles. The largest absolute Gasteiger partial charge is 0.359 e. The Hall–Kier alpha value is -2.29. The van der Waals surface area contributed by atoms with E-state index in [0.29, 0.717) is 12.6 Å². The molecule has 1 amide bonds. The average Bonchev–Trinajstić information content (AvgIpc) is 2.91. The minimum atomic E-state index is 0.125. The molecule has 2 atom stereocenters. The summed E-state index contributed by atoms with van der Waals surface area (Å²) in [5.41, 5.74) is 5.24. The zero-order valence-electron chi connectivity index (χ0n) is 14.2. The van der Waals surface area contributed by atoms with Gasteiger partial charge >= 0.3 is 0 Å². The van der Waals surface area contributed by atoms with Gasteiger partial charge in [-0.25, -0.2) is 0 Å². The van der Waals surface area contributed by atoms with Crippen molar-refractivity contribution in [2.75, 3.05) is 11.4 Å². The Kier molecular flexibility index (Phi) is 4.01. The molecular formula is C21H24N2O. The molecule has 2 aromatic carbocycles. The second-order valence-electron chi connectivity index (χ2n) is 7.02. The van der Waals surface area contributed by atoms with E-state index in [1.165, 1.54) is 22.4 Å². The molecular weight excluding hydrogens is 296 g/mol. The van der Waals surface area contributed by atoms with Crippen molar-refractivity contribution in [3.05, 3.63) is 65.2 Å². The summed E-state index contributed by atoms with van der Waals surface area (Å²) >= 11 is 0. The van der Waals surface area contributed by atoms with E-state index in [2.05, 4.69) is 65.7 Å². The molecule has 0 saturated carbocycles. The minimum absolute atomic E-state index is 0.125. The number of nitrogens with one attached hydrogen (secondary N) is 1. The Balaban J connectivity index is 1.47. The van der Waals surface area contributed by atoms with E-state index in [9.17, 15) is 4.79 Å². The maximum atomic E-state index is 12.7. The number of anilines is 1.